The van der Waals surface area contributed by atoms with Gasteiger partial charge in [-0.25, -0.2) is 4.98 Å². The van der Waals surface area contributed by atoms with Crippen LogP contribution in [0.5, 0.6) is 11.6 Å². The van der Waals surface area contributed by atoms with Gasteiger partial charge in [0.2, 0.25) is 11.8 Å². The van der Waals surface area contributed by atoms with Gasteiger partial charge in [0.25, 0.3) is 0 Å². The van der Waals surface area contributed by atoms with E-state index in [0.29, 0.717) is 22.4 Å². The first kappa shape index (κ1) is 14.4. The summed E-state index contributed by atoms with van der Waals surface area (Å²) in [5.74, 6) is -0.461. The summed E-state index contributed by atoms with van der Waals surface area (Å²) in [6, 6.07) is 5.39. The number of benzene rings is 1. The molecule has 2 N–H and O–H groups in total. The summed E-state index contributed by atoms with van der Waals surface area (Å²) in [6.07, 6.45) is -4.62. The lowest BCUT2D eigenvalue weighted by Crippen LogP contribution is -2.11. The van der Waals surface area contributed by atoms with Crippen LogP contribution < -0.4 is 10.5 Å². The van der Waals surface area contributed by atoms with E-state index in [1.54, 1.807) is 19.1 Å². The molecule has 0 unspecified atom stereocenters. The van der Waals surface area contributed by atoms with Crippen molar-refractivity contribution in [3.8, 4) is 11.6 Å². The van der Waals surface area contributed by atoms with E-state index in [9.17, 15) is 13.2 Å². The minimum Gasteiger partial charge on any atom is -0.439 e. The van der Waals surface area contributed by atoms with Gasteiger partial charge in [-0.05, 0) is 30.7 Å². The summed E-state index contributed by atoms with van der Waals surface area (Å²) in [5, 5.41) is 0.494. The van der Waals surface area contributed by atoms with E-state index >= 15 is 0 Å². The zero-order chi connectivity index (χ0) is 14.9. The number of aryl methyl sites for hydroxylation is 1. The zero-order valence-corrected chi connectivity index (χ0v) is 11.0. The Morgan fingerprint density at radius 3 is 2.50 bits per heavy atom. The molecule has 2 aromatic rings. The fourth-order valence-corrected chi connectivity index (χ4v) is 1.71. The van der Waals surface area contributed by atoms with Gasteiger partial charge in [0.1, 0.15) is 5.75 Å². The second-order valence-corrected chi connectivity index (χ2v) is 4.40. The number of nitrogen functional groups attached to an aromatic ring is 1. The summed E-state index contributed by atoms with van der Waals surface area (Å²) in [4.78, 5) is 6.74. The van der Waals surface area contributed by atoms with E-state index in [2.05, 4.69) is 9.97 Å². The standard InChI is InChI=1S/C12H9ClF3N3O/c1-6-4-7(13)2-3-8(6)20-10-5-9(12(14,15)16)18-11(17)19-10/h2-5H,1H3,(H2,17,18,19). The molecule has 0 aliphatic heterocycles. The molecule has 1 heterocycles. The molecule has 0 radical (unpaired) electrons. The van der Waals surface area contributed by atoms with Gasteiger partial charge in [0, 0.05) is 11.1 Å². The van der Waals surface area contributed by atoms with Crippen molar-refractivity contribution in [3.05, 3.63) is 40.5 Å². The predicted octanol–water partition coefficient (Wildman–Crippen LogP) is 3.83. The average molecular weight is 304 g/mol. The van der Waals surface area contributed by atoms with Crippen LogP contribution in [-0.2, 0) is 6.18 Å². The third-order valence-electron chi connectivity index (χ3n) is 2.36. The highest BCUT2D eigenvalue weighted by Crippen LogP contribution is 2.32. The molecule has 0 spiro atoms. The van der Waals surface area contributed by atoms with Crippen molar-refractivity contribution in [1.82, 2.24) is 9.97 Å². The lowest BCUT2D eigenvalue weighted by molar-refractivity contribution is -0.141. The molecule has 0 aliphatic carbocycles. The van der Waals surface area contributed by atoms with E-state index in [0.717, 1.165) is 0 Å². The summed E-state index contributed by atoms with van der Waals surface area (Å²) in [7, 11) is 0. The van der Waals surface area contributed by atoms with E-state index in [4.69, 9.17) is 22.1 Å². The van der Waals surface area contributed by atoms with Crippen molar-refractivity contribution in [2.75, 3.05) is 5.73 Å². The molecule has 0 fully saturated rings. The lowest BCUT2D eigenvalue weighted by atomic mass is 10.2. The van der Waals surface area contributed by atoms with Gasteiger partial charge in [0.15, 0.2) is 5.69 Å². The maximum absolute atomic E-state index is 12.6. The van der Waals surface area contributed by atoms with Gasteiger partial charge in [-0.1, -0.05) is 11.6 Å². The fraction of sp³-hybridized carbons (Fsp3) is 0.167. The highest BCUT2D eigenvalue weighted by molar-refractivity contribution is 6.30. The van der Waals surface area contributed by atoms with Crippen LogP contribution >= 0.6 is 11.6 Å². The van der Waals surface area contributed by atoms with Crippen LogP contribution in [0.25, 0.3) is 0 Å². The molecule has 0 bridgehead atoms. The smallest absolute Gasteiger partial charge is 0.433 e. The molecule has 8 heteroatoms. The van der Waals surface area contributed by atoms with Crippen LogP contribution in [0.1, 0.15) is 11.3 Å². The normalized spacial score (nSPS) is 11.4. The van der Waals surface area contributed by atoms with Crippen LogP contribution in [0.4, 0.5) is 19.1 Å². The van der Waals surface area contributed by atoms with Gasteiger partial charge in [-0.15, -0.1) is 0 Å². The molecule has 106 valence electrons. The Morgan fingerprint density at radius 2 is 1.90 bits per heavy atom. The molecule has 1 aromatic heterocycles. The highest BCUT2D eigenvalue weighted by Gasteiger charge is 2.33. The molecule has 0 saturated heterocycles. The number of anilines is 1. The van der Waals surface area contributed by atoms with Crippen molar-refractivity contribution >= 4 is 17.5 Å². The minimum atomic E-state index is -4.62. The maximum atomic E-state index is 12.6. The topological polar surface area (TPSA) is 61.0 Å². The fourth-order valence-electron chi connectivity index (χ4n) is 1.48. The van der Waals surface area contributed by atoms with E-state index in [-0.39, 0.29) is 5.88 Å². The molecule has 4 nitrogen and oxygen atoms in total. The van der Waals surface area contributed by atoms with Crippen LogP contribution in [0, 0.1) is 6.92 Å². The highest BCUT2D eigenvalue weighted by atomic mass is 35.5. The van der Waals surface area contributed by atoms with E-state index in [1.807, 2.05) is 0 Å². The van der Waals surface area contributed by atoms with Crippen molar-refractivity contribution in [2.45, 2.75) is 13.1 Å². The molecule has 0 amide bonds. The van der Waals surface area contributed by atoms with Crippen molar-refractivity contribution < 1.29 is 17.9 Å². The Balaban J connectivity index is 2.36. The first-order valence-corrected chi connectivity index (χ1v) is 5.79. The summed E-state index contributed by atoms with van der Waals surface area (Å²) in [6.45, 7) is 1.70. The number of ether oxygens (including phenoxy) is 1. The largest absolute Gasteiger partial charge is 0.439 e. The molecular formula is C12H9ClF3N3O. The third-order valence-corrected chi connectivity index (χ3v) is 2.60. The monoisotopic (exact) mass is 303 g/mol. The van der Waals surface area contributed by atoms with Gasteiger partial charge in [-0.2, -0.15) is 18.2 Å². The van der Waals surface area contributed by atoms with E-state index in [1.165, 1.54) is 6.07 Å². The Kier molecular flexibility index (Phi) is 3.71. The summed E-state index contributed by atoms with van der Waals surface area (Å²) < 4.78 is 43.1. The molecule has 0 atom stereocenters. The van der Waals surface area contributed by atoms with Gasteiger partial charge in [-0.3, -0.25) is 0 Å². The summed E-state index contributed by atoms with van der Waals surface area (Å²) in [5.41, 5.74) is 4.74. The molecule has 20 heavy (non-hydrogen) atoms. The quantitative estimate of drug-likeness (QED) is 0.916. The molecule has 0 aliphatic rings. The Hall–Kier alpha value is -2.02. The predicted molar refractivity (Wildman–Crippen MR) is 67.7 cm³/mol. The number of hydrogen-bond acceptors (Lipinski definition) is 4. The second-order valence-electron chi connectivity index (χ2n) is 3.96. The van der Waals surface area contributed by atoms with Gasteiger partial charge < -0.3 is 10.5 Å². The Morgan fingerprint density at radius 1 is 1.20 bits per heavy atom. The van der Waals surface area contributed by atoms with Crippen molar-refractivity contribution in [2.24, 2.45) is 0 Å². The third kappa shape index (κ3) is 3.30. The first-order valence-electron chi connectivity index (χ1n) is 5.41. The molecule has 2 rings (SSSR count). The number of nitrogens with zero attached hydrogens (tertiary/aromatic N) is 2. The van der Waals surface area contributed by atoms with Crippen LogP contribution in [0.15, 0.2) is 24.3 Å². The SMILES string of the molecule is Cc1cc(Cl)ccc1Oc1cc(C(F)(F)F)nc(N)n1. The summed E-state index contributed by atoms with van der Waals surface area (Å²) >= 11 is 5.78. The first-order chi connectivity index (χ1) is 9.25. The number of aromatic nitrogens is 2. The Bertz CT molecular complexity index is 646. The molecule has 0 saturated carbocycles. The lowest BCUT2D eigenvalue weighted by Gasteiger charge is -2.11. The number of nitrogens with two attached hydrogens (primary N) is 1. The van der Waals surface area contributed by atoms with Gasteiger partial charge in [0.05, 0.1) is 0 Å². The number of rotatable bonds is 2. The number of alkyl halides is 3. The Labute approximate surface area is 117 Å². The van der Waals surface area contributed by atoms with E-state index < -0.39 is 17.8 Å². The minimum absolute atomic E-state index is 0.282. The van der Waals surface area contributed by atoms with Gasteiger partial charge >= 0.3 is 6.18 Å². The van der Waals surface area contributed by atoms with Crippen LogP contribution in [0.3, 0.4) is 0 Å². The molecular weight excluding hydrogens is 295 g/mol. The maximum Gasteiger partial charge on any atom is 0.433 e. The zero-order valence-electron chi connectivity index (χ0n) is 10.2. The van der Waals surface area contributed by atoms with Crippen molar-refractivity contribution in [3.63, 3.8) is 0 Å². The van der Waals surface area contributed by atoms with Crippen LogP contribution in [0.2, 0.25) is 5.02 Å². The molecule has 1 aromatic carbocycles. The number of hydrogen-bond donors (Lipinski definition) is 1. The number of halogens is 4. The van der Waals surface area contributed by atoms with Crippen molar-refractivity contribution in [1.29, 1.82) is 0 Å². The second kappa shape index (κ2) is 5.16. The average Bonchev–Trinajstić information content (AvgIpc) is 2.31. The van der Waals surface area contributed by atoms with Crippen LogP contribution in [-0.4, -0.2) is 9.97 Å².